The summed E-state index contributed by atoms with van der Waals surface area (Å²) >= 11 is 0. The van der Waals surface area contributed by atoms with Gasteiger partial charge in [-0.05, 0) is 47.3 Å². The fourth-order valence-corrected chi connectivity index (χ4v) is 3.65. The molecule has 0 spiro atoms. The monoisotopic (exact) mass is 367 g/mol. The quantitative estimate of drug-likeness (QED) is 0.591. The molecule has 1 N–H and O–H groups in total. The predicted octanol–water partition coefficient (Wildman–Crippen LogP) is 5.76. The summed E-state index contributed by atoms with van der Waals surface area (Å²) in [6.45, 7) is 13.4. The van der Waals surface area contributed by atoms with Crippen LogP contribution >= 0.6 is 0 Å². The molecule has 0 fully saturated rings. The van der Waals surface area contributed by atoms with Crippen molar-refractivity contribution in [1.29, 1.82) is 0 Å². The molecule has 0 aliphatic rings. The molecule has 0 unspecified atom stereocenters. The van der Waals surface area contributed by atoms with Crippen molar-refractivity contribution in [3.8, 4) is 0 Å². The second kappa shape index (κ2) is 9.68. The number of nitrogens with zero attached hydrogens (tertiary/aromatic N) is 1. The summed E-state index contributed by atoms with van der Waals surface area (Å²) in [4.78, 5) is 12.7. The van der Waals surface area contributed by atoms with Gasteiger partial charge in [0.2, 0.25) is 6.54 Å². The Bertz CT molecular complexity index is 717. The first-order valence-corrected chi connectivity index (χ1v) is 10.3. The van der Waals surface area contributed by atoms with Crippen LogP contribution in [0.1, 0.15) is 88.8 Å². The normalized spacial score (nSPS) is 11.4. The average Bonchev–Trinajstić information content (AvgIpc) is 2.63. The van der Waals surface area contributed by atoms with Crippen LogP contribution in [0.3, 0.4) is 0 Å². The summed E-state index contributed by atoms with van der Waals surface area (Å²) in [7, 11) is 0. The Morgan fingerprint density at radius 3 is 1.89 bits per heavy atom. The maximum atomic E-state index is 12.7. The van der Waals surface area contributed by atoms with Gasteiger partial charge >= 0.3 is 0 Å². The number of nitrogens with one attached hydrogen (secondary N) is 1. The summed E-state index contributed by atoms with van der Waals surface area (Å²) in [5, 5.41) is 3.19. The zero-order chi connectivity index (χ0) is 20.0. The van der Waals surface area contributed by atoms with Crippen LogP contribution < -0.4 is 9.88 Å². The van der Waals surface area contributed by atoms with E-state index >= 15 is 0 Å². The van der Waals surface area contributed by atoms with E-state index in [0.29, 0.717) is 24.3 Å². The van der Waals surface area contributed by atoms with Crippen molar-refractivity contribution in [1.82, 2.24) is 0 Å². The van der Waals surface area contributed by atoms with Gasteiger partial charge in [0.05, 0.1) is 0 Å². The highest BCUT2D eigenvalue weighted by atomic mass is 16.1. The third kappa shape index (κ3) is 5.41. The number of aromatic nitrogens is 1. The molecule has 1 amide bonds. The Balaban J connectivity index is 2.16. The molecule has 3 nitrogen and oxygen atoms in total. The molecule has 0 atom stereocenters. The molecule has 0 radical (unpaired) electrons. The summed E-state index contributed by atoms with van der Waals surface area (Å²) < 4.78 is 1.95. The van der Waals surface area contributed by atoms with Gasteiger partial charge in [0.25, 0.3) is 5.91 Å². The molecule has 0 aliphatic heterocycles. The van der Waals surface area contributed by atoms with E-state index in [1.54, 1.807) is 0 Å². The third-order valence-corrected chi connectivity index (χ3v) is 5.34. The fourth-order valence-electron chi connectivity index (χ4n) is 3.65. The molecule has 0 saturated heterocycles. The SMILES string of the molecule is CCC(CC)c1cc[n+](CC(=O)Nc2c(C(C)C)cccc2C(C)C)cc1. The lowest BCUT2D eigenvalue weighted by Crippen LogP contribution is -2.40. The van der Waals surface area contributed by atoms with Gasteiger partial charge in [-0.3, -0.25) is 4.79 Å². The van der Waals surface area contributed by atoms with E-state index in [1.165, 1.54) is 16.7 Å². The number of hydrogen-bond acceptors (Lipinski definition) is 1. The van der Waals surface area contributed by atoms with Crippen molar-refractivity contribution < 1.29 is 9.36 Å². The Hall–Kier alpha value is -2.16. The van der Waals surface area contributed by atoms with Gasteiger partial charge in [-0.15, -0.1) is 0 Å². The smallest absolute Gasteiger partial charge is 0.290 e. The van der Waals surface area contributed by atoms with Crippen LogP contribution in [0.4, 0.5) is 5.69 Å². The Morgan fingerprint density at radius 1 is 0.926 bits per heavy atom. The van der Waals surface area contributed by atoms with Crippen LogP contribution in [0.25, 0.3) is 0 Å². The molecule has 0 aliphatic carbocycles. The number of rotatable bonds is 8. The first kappa shape index (κ1) is 21.1. The topological polar surface area (TPSA) is 33.0 Å². The summed E-state index contributed by atoms with van der Waals surface area (Å²) in [6, 6.07) is 10.6. The van der Waals surface area contributed by atoms with Crippen LogP contribution in [0.15, 0.2) is 42.7 Å². The fraction of sp³-hybridized carbons (Fsp3) is 0.500. The highest BCUT2D eigenvalue weighted by Crippen LogP contribution is 2.32. The second-order valence-electron chi connectivity index (χ2n) is 7.99. The van der Waals surface area contributed by atoms with Crippen LogP contribution in [-0.4, -0.2) is 5.91 Å². The van der Waals surface area contributed by atoms with E-state index < -0.39 is 0 Å². The Morgan fingerprint density at radius 2 is 1.44 bits per heavy atom. The highest BCUT2D eigenvalue weighted by Gasteiger charge is 2.18. The van der Waals surface area contributed by atoms with Gasteiger partial charge in [0, 0.05) is 17.8 Å². The van der Waals surface area contributed by atoms with E-state index in [4.69, 9.17) is 0 Å². The number of carbonyl (C=O) groups is 1. The first-order valence-electron chi connectivity index (χ1n) is 10.3. The van der Waals surface area contributed by atoms with Crippen molar-refractivity contribution in [2.45, 2.75) is 78.7 Å². The molecule has 146 valence electrons. The minimum absolute atomic E-state index is 0.0188. The lowest BCUT2D eigenvalue weighted by Gasteiger charge is -2.19. The van der Waals surface area contributed by atoms with Crippen LogP contribution in [0.2, 0.25) is 0 Å². The lowest BCUT2D eigenvalue weighted by atomic mass is 9.92. The van der Waals surface area contributed by atoms with Crippen molar-refractivity contribution >= 4 is 11.6 Å². The standard InChI is InChI=1S/C24H34N2O/c1-7-19(8-2)20-12-14-26(15-13-20)16-23(27)25-24-21(17(3)4)10-9-11-22(24)18(5)6/h9-15,17-19H,7-8,16H2,1-6H3/p+1. The number of para-hydroxylation sites is 1. The molecule has 1 aromatic carbocycles. The minimum atomic E-state index is 0.0188. The molecule has 0 bridgehead atoms. The van der Waals surface area contributed by atoms with E-state index in [1.807, 2.05) is 17.0 Å². The largest absolute Gasteiger partial charge is 0.320 e. The maximum absolute atomic E-state index is 12.7. The summed E-state index contributed by atoms with van der Waals surface area (Å²) in [5.41, 5.74) is 4.73. The second-order valence-corrected chi connectivity index (χ2v) is 7.99. The molecule has 2 aromatic rings. The number of hydrogen-bond donors (Lipinski definition) is 1. The van der Waals surface area contributed by atoms with Crippen molar-refractivity contribution in [2.24, 2.45) is 0 Å². The van der Waals surface area contributed by atoms with Crippen LogP contribution in [-0.2, 0) is 11.3 Å². The lowest BCUT2D eigenvalue weighted by molar-refractivity contribution is -0.684. The maximum Gasteiger partial charge on any atom is 0.290 e. The van der Waals surface area contributed by atoms with Gasteiger partial charge in [0.1, 0.15) is 0 Å². The molecular formula is C24H35N2O+. The zero-order valence-electron chi connectivity index (χ0n) is 17.8. The number of amides is 1. The summed E-state index contributed by atoms with van der Waals surface area (Å²) in [6.07, 6.45) is 6.33. The minimum Gasteiger partial charge on any atom is -0.320 e. The van der Waals surface area contributed by atoms with E-state index in [2.05, 4.69) is 77.2 Å². The first-order chi connectivity index (χ1) is 12.9. The van der Waals surface area contributed by atoms with E-state index in [-0.39, 0.29) is 5.91 Å². The molecule has 27 heavy (non-hydrogen) atoms. The predicted molar refractivity (Wildman–Crippen MR) is 113 cm³/mol. The molecule has 3 heteroatoms. The van der Waals surface area contributed by atoms with Gasteiger partial charge in [-0.1, -0.05) is 59.7 Å². The van der Waals surface area contributed by atoms with Gasteiger partial charge in [-0.25, -0.2) is 0 Å². The molecule has 0 saturated carbocycles. The number of pyridine rings is 1. The van der Waals surface area contributed by atoms with E-state index in [9.17, 15) is 4.79 Å². The summed E-state index contributed by atoms with van der Waals surface area (Å²) in [5.74, 6) is 1.35. The van der Waals surface area contributed by atoms with Gasteiger partial charge in [0.15, 0.2) is 12.4 Å². The molecule has 1 aromatic heterocycles. The zero-order valence-corrected chi connectivity index (χ0v) is 17.8. The molecule has 2 rings (SSSR count). The van der Waals surface area contributed by atoms with Crippen molar-refractivity contribution in [3.05, 3.63) is 59.4 Å². The van der Waals surface area contributed by atoms with Crippen LogP contribution in [0.5, 0.6) is 0 Å². The Labute approximate surface area is 164 Å². The van der Waals surface area contributed by atoms with Crippen molar-refractivity contribution in [3.63, 3.8) is 0 Å². The molecular weight excluding hydrogens is 332 g/mol. The third-order valence-electron chi connectivity index (χ3n) is 5.34. The van der Waals surface area contributed by atoms with Crippen LogP contribution in [0, 0.1) is 0 Å². The number of anilines is 1. The highest BCUT2D eigenvalue weighted by molar-refractivity contribution is 5.91. The number of benzene rings is 1. The molecule has 1 heterocycles. The average molecular weight is 368 g/mol. The van der Waals surface area contributed by atoms with E-state index in [0.717, 1.165) is 18.5 Å². The Kier molecular flexibility index (Phi) is 7.58. The van der Waals surface area contributed by atoms with Gasteiger partial charge in [-0.2, -0.15) is 4.57 Å². The van der Waals surface area contributed by atoms with Crippen molar-refractivity contribution in [2.75, 3.05) is 5.32 Å². The number of carbonyl (C=O) groups excluding carboxylic acids is 1. The van der Waals surface area contributed by atoms with Gasteiger partial charge < -0.3 is 5.32 Å².